The van der Waals surface area contributed by atoms with Crippen molar-refractivity contribution in [2.45, 2.75) is 51.5 Å². The van der Waals surface area contributed by atoms with Gasteiger partial charge in [-0.2, -0.15) is 0 Å². The molecule has 0 spiro atoms. The predicted octanol–water partition coefficient (Wildman–Crippen LogP) is 3.80. The molecule has 1 aromatic carbocycles. The van der Waals surface area contributed by atoms with E-state index in [1.807, 2.05) is 0 Å². The van der Waals surface area contributed by atoms with Gasteiger partial charge in [0.2, 0.25) is 5.75 Å². The summed E-state index contributed by atoms with van der Waals surface area (Å²) in [6, 6.07) is 3.73. The van der Waals surface area contributed by atoms with Gasteiger partial charge < -0.3 is 19.5 Å². The third-order valence-corrected chi connectivity index (χ3v) is 7.44. The molecule has 4 fully saturated rings. The van der Waals surface area contributed by atoms with E-state index >= 15 is 0 Å². The summed E-state index contributed by atoms with van der Waals surface area (Å²) in [6.07, 6.45) is 8.10. The minimum Gasteiger partial charge on any atom is -0.493 e. The van der Waals surface area contributed by atoms with E-state index in [2.05, 4.69) is 12.2 Å². The fourth-order valence-electron chi connectivity index (χ4n) is 6.55. The number of carbonyl (C=O) groups is 1. The molecule has 0 saturated heterocycles. The molecule has 5 nitrogen and oxygen atoms in total. The second kappa shape index (κ2) is 6.32. The van der Waals surface area contributed by atoms with Crippen molar-refractivity contribution < 1.29 is 19.0 Å². The molecule has 4 bridgehead atoms. The number of rotatable bonds is 4. The summed E-state index contributed by atoms with van der Waals surface area (Å²) in [7, 11) is 1.59. The van der Waals surface area contributed by atoms with Crippen molar-refractivity contribution in [1.29, 1.82) is 0 Å². The lowest BCUT2D eigenvalue weighted by Crippen LogP contribution is -2.55. The second-order valence-corrected chi connectivity index (χ2v) is 9.18. The van der Waals surface area contributed by atoms with Crippen LogP contribution in [0.1, 0.15) is 55.8 Å². The van der Waals surface area contributed by atoms with E-state index in [4.69, 9.17) is 14.2 Å². The van der Waals surface area contributed by atoms with Crippen LogP contribution in [0.5, 0.6) is 17.2 Å². The minimum atomic E-state index is -0.0477. The maximum absolute atomic E-state index is 13.0. The number of fused-ring (bicyclic) bond motifs is 1. The standard InChI is InChI=1S/C22H29NO4/c1-13(22-10-14-5-15(11-22)7-16(6-14)12-22)23-21(24)17-8-18(25-2)20-19(9-17)26-3-4-27-20/h8-9,13-16H,3-7,10-12H2,1-2H3,(H,23,24)/t13-,14?,15?,16?,22?/m0/s1. The molecule has 1 N–H and O–H groups in total. The molecular weight excluding hydrogens is 342 g/mol. The van der Waals surface area contributed by atoms with Crippen LogP contribution in [-0.2, 0) is 0 Å². The molecule has 27 heavy (non-hydrogen) atoms. The average molecular weight is 371 g/mol. The van der Waals surface area contributed by atoms with Crippen LogP contribution in [0.3, 0.4) is 0 Å². The van der Waals surface area contributed by atoms with Crippen molar-refractivity contribution in [1.82, 2.24) is 5.32 Å². The van der Waals surface area contributed by atoms with E-state index in [1.165, 1.54) is 38.5 Å². The first-order valence-corrected chi connectivity index (χ1v) is 10.3. The number of hydrogen-bond acceptors (Lipinski definition) is 4. The van der Waals surface area contributed by atoms with Crippen LogP contribution in [-0.4, -0.2) is 32.3 Å². The topological polar surface area (TPSA) is 56.8 Å². The third-order valence-electron chi connectivity index (χ3n) is 7.44. The highest BCUT2D eigenvalue weighted by Gasteiger charge is 2.53. The first-order valence-electron chi connectivity index (χ1n) is 10.3. The molecule has 0 aromatic heterocycles. The van der Waals surface area contributed by atoms with Gasteiger partial charge in [0.25, 0.3) is 5.91 Å². The maximum atomic E-state index is 13.0. The van der Waals surface area contributed by atoms with E-state index in [0.717, 1.165) is 17.8 Å². The van der Waals surface area contributed by atoms with Gasteiger partial charge in [-0.05, 0) is 80.8 Å². The van der Waals surface area contributed by atoms with Crippen LogP contribution < -0.4 is 19.5 Å². The van der Waals surface area contributed by atoms with Crippen molar-refractivity contribution in [3.05, 3.63) is 17.7 Å². The normalized spacial score (nSPS) is 34.2. The SMILES string of the molecule is COc1cc(C(=O)N[C@@H](C)C23CC4CC(CC(C4)C2)C3)cc2c1OCCO2. The van der Waals surface area contributed by atoms with Gasteiger partial charge >= 0.3 is 0 Å². The van der Waals surface area contributed by atoms with Crippen molar-refractivity contribution in [3.8, 4) is 17.2 Å². The molecule has 1 heterocycles. The Balaban J connectivity index is 1.36. The van der Waals surface area contributed by atoms with Crippen LogP contribution in [0.25, 0.3) is 0 Å². The van der Waals surface area contributed by atoms with Gasteiger partial charge in [-0.3, -0.25) is 4.79 Å². The Kier molecular flexibility index (Phi) is 4.03. The summed E-state index contributed by atoms with van der Waals surface area (Å²) in [6.45, 7) is 3.20. The van der Waals surface area contributed by atoms with Gasteiger partial charge in [0.15, 0.2) is 11.5 Å². The number of benzene rings is 1. The number of ether oxygens (including phenoxy) is 3. The largest absolute Gasteiger partial charge is 0.493 e. The summed E-state index contributed by atoms with van der Waals surface area (Å²) >= 11 is 0. The Bertz CT molecular complexity index is 706. The molecule has 4 saturated carbocycles. The second-order valence-electron chi connectivity index (χ2n) is 9.18. The highest BCUT2D eigenvalue weighted by atomic mass is 16.6. The van der Waals surface area contributed by atoms with Crippen LogP contribution in [0, 0.1) is 23.2 Å². The van der Waals surface area contributed by atoms with E-state index in [1.54, 1.807) is 19.2 Å². The average Bonchev–Trinajstić information content (AvgIpc) is 2.66. The molecule has 0 radical (unpaired) electrons. The maximum Gasteiger partial charge on any atom is 0.251 e. The highest BCUT2D eigenvalue weighted by Crippen LogP contribution is 2.61. The van der Waals surface area contributed by atoms with Crippen molar-refractivity contribution >= 4 is 5.91 Å². The molecule has 1 amide bonds. The van der Waals surface area contributed by atoms with Crippen LogP contribution in [0.2, 0.25) is 0 Å². The quantitative estimate of drug-likeness (QED) is 0.875. The van der Waals surface area contributed by atoms with Gasteiger partial charge in [0, 0.05) is 11.6 Å². The molecule has 4 aliphatic carbocycles. The predicted molar refractivity (Wildman–Crippen MR) is 102 cm³/mol. The van der Waals surface area contributed by atoms with Crippen LogP contribution in [0.4, 0.5) is 0 Å². The van der Waals surface area contributed by atoms with Crippen molar-refractivity contribution in [2.75, 3.05) is 20.3 Å². The summed E-state index contributed by atoms with van der Waals surface area (Å²) < 4.78 is 16.7. The van der Waals surface area contributed by atoms with Gasteiger partial charge in [-0.1, -0.05) is 0 Å². The monoisotopic (exact) mass is 371 g/mol. The van der Waals surface area contributed by atoms with Crippen molar-refractivity contribution in [2.24, 2.45) is 23.2 Å². The summed E-state index contributed by atoms with van der Waals surface area (Å²) in [4.78, 5) is 13.0. The smallest absolute Gasteiger partial charge is 0.251 e. The van der Waals surface area contributed by atoms with Gasteiger partial charge in [-0.25, -0.2) is 0 Å². The summed E-state index contributed by atoms with van der Waals surface area (Å²) in [5, 5.41) is 3.32. The lowest BCUT2D eigenvalue weighted by molar-refractivity contribution is -0.0688. The highest BCUT2D eigenvalue weighted by molar-refractivity contribution is 5.95. The molecule has 1 atom stereocenters. The van der Waals surface area contributed by atoms with E-state index in [9.17, 15) is 4.79 Å². The molecule has 0 unspecified atom stereocenters. The third kappa shape index (κ3) is 2.86. The Labute approximate surface area is 160 Å². The summed E-state index contributed by atoms with van der Waals surface area (Å²) in [5.74, 6) is 4.33. The van der Waals surface area contributed by atoms with Gasteiger partial charge in [0.1, 0.15) is 13.2 Å². The number of methoxy groups -OCH3 is 1. The fourth-order valence-corrected chi connectivity index (χ4v) is 6.55. The molecule has 1 aromatic rings. The molecule has 6 rings (SSSR count). The number of carbonyl (C=O) groups excluding carboxylic acids is 1. The first kappa shape index (κ1) is 17.2. The first-order chi connectivity index (χ1) is 13.1. The number of amides is 1. The molecule has 1 aliphatic heterocycles. The zero-order valence-corrected chi connectivity index (χ0v) is 16.3. The lowest BCUT2D eigenvalue weighted by Gasteiger charge is -2.59. The Morgan fingerprint density at radius 3 is 2.37 bits per heavy atom. The Morgan fingerprint density at radius 1 is 1.11 bits per heavy atom. The number of nitrogens with one attached hydrogen (secondary N) is 1. The molecule has 146 valence electrons. The lowest BCUT2D eigenvalue weighted by atomic mass is 9.48. The minimum absolute atomic E-state index is 0.0477. The van der Waals surface area contributed by atoms with Gasteiger partial charge in [-0.15, -0.1) is 0 Å². The molecule has 5 heteroatoms. The zero-order chi connectivity index (χ0) is 18.6. The van der Waals surface area contributed by atoms with E-state index < -0.39 is 0 Å². The number of hydrogen-bond donors (Lipinski definition) is 1. The van der Waals surface area contributed by atoms with E-state index in [0.29, 0.717) is 41.4 Å². The van der Waals surface area contributed by atoms with Crippen molar-refractivity contribution in [3.63, 3.8) is 0 Å². The Hall–Kier alpha value is -1.91. The van der Waals surface area contributed by atoms with Gasteiger partial charge in [0.05, 0.1) is 7.11 Å². The van der Waals surface area contributed by atoms with Crippen LogP contribution >= 0.6 is 0 Å². The molecular formula is C22H29NO4. The van der Waals surface area contributed by atoms with Crippen LogP contribution in [0.15, 0.2) is 12.1 Å². The summed E-state index contributed by atoms with van der Waals surface area (Å²) in [5.41, 5.74) is 0.871. The Morgan fingerprint density at radius 2 is 1.74 bits per heavy atom. The molecule has 5 aliphatic rings. The fraction of sp³-hybridized carbons (Fsp3) is 0.682. The van der Waals surface area contributed by atoms with E-state index in [-0.39, 0.29) is 11.9 Å². The zero-order valence-electron chi connectivity index (χ0n) is 16.3.